The third kappa shape index (κ3) is 57.1. The summed E-state index contributed by atoms with van der Waals surface area (Å²) < 4.78 is 0. The fourth-order valence-electron chi connectivity index (χ4n) is 10.7. The van der Waals surface area contributed by atoms with Crippen molar-refractivity contribution in [2.45, 2.75) is 416 Å². The van der Waals surface area contributed by atoms with Gasteiger partial charge in [0.05, 0.1) is 4.92 Å². The van der Waals surface area contributed by atoms with Gasteiger partial charge in [0, 0.05) is 21.4 Å². The van der Waals surface area contributed by atoms with E-state index in [2.05, 4.69) is 259 Å². The van der Waals surface area contributed by atoms with Crippen molar-refractivity contribution in [3.05, 3.63) is 168 Å². The zero-order valence-corrected chi connectivity index (χ0v) is 81.2. The van der Waals surface area contributed by atoms with Gasteiger partial charge in [-0.3, -0.25) is 15.0 Å². The first-order valence-corrected chi connectivity index (χ1v) is 43.5. The Morgan fingerprint density at radius 3 is 1.09 bits per heavy atom. The van der Waals surface area contributed by atoms with Crippen LogP contribution in [0.4, 0.5) is 5.69 Å². The molecule has 4 aromatic carbocycles. The minimum atomic E-state index is -0.595. The molecule has 0 radical (unpaired) electrons. The lowest BCUT2D eigenvalue weighted by Gasteiger charge is -2.40. The molecule has 6 nitrogen and oxygen atoms in total. The van der Waals surface area contributed by atoms with E-state index in [0.29, 0.717) is 27.5 Å². The minimum absolute atomic E-state index is 0.118. The van der Waals surface area contributed by atoms with Crippen LogP contribution in [0.15, 0.2) is 109 Å². The molecule has 0 bridgehead atoms. The Balaban J connectivity index is -0.000000170. The predicted octanol–water partition coefficient (Wildman–Crippen LogP) is 33.9. The second-order valence-electron chi connectivity index (χ2n) is 35.4. The lowest BCUT2D eigenvalue weighted by Crippen LogP contribution is -2.45. The van der Waals surface area contributed by atoms with Crippen LogP contribution in [-0.4, -0.2) is 38.7 Å². The summed E-state index contributed by atoms with van der Waals surface area (Å²) >= 11 is 1.89. The first-order chi connectivity index (χ1) is 49.2. The van der Waals surface area contributed by atoms with E-state index in [1.54, 1.807) is 17.7 Å². The highest BCUT2D eigenvalue weighted by molar-refractivity contribution is 7.12. The molecule has 2 N–H and O–H groups in total. The van der Waals surface area contributed by atoms with Gasteiger partial charge in [0.1, 0.15) is 5.75 Å². The number of nitrogens with zero attached hydrogens (tertiary/aromatic N) is 2. The SMILES string of the molecule is CC.CC.CC.CC.CC.CC.CC.CC.CC(C)(C)c1ccc([N+](=O)[O-])c(O)c1.CC1CC=C(C(C)(C)C)CC1.CC1CCC(C(C)(C)C)CC1.CC1CCN(C(C)(C)C)CC1.Cc1cc(C(C)(C)C)ccc1O.Cc1ccc(C(C)(C)C)cc1.Cc1ccc(C(C)(C)C)s1.Cc1cccc(C(C)(C)C)c1. The molecule has 1 aliphatic heterocycles. The molecule has 0 amide bonds. The number of allylic oxidation sites excluding steroid dienone is 2. The van der Waals surface area contributed by atoms with Gasteiger partial charge in [-0.1, -0.05) is 379 Å². The van der Waals surface area contributed by atoms with E-state index < -0.39 is 4.92 Å². The predicted molar refractivity (Wildman–Crippen MR) is 494 cm³/mol. The third-order valence-electron chi connectivity index (χ3n) is 18.0. The van der Waals surface area contributed by atoms with E-state index in [1.807, 2.05) is 162 Å². The summed E-state index contributed by atoms with van der Waals surface area (Å²) in [6.07, 6.45) is 15.1. The third-order valence-corrected chi connectivity index (χ3v) is 19.4. The molecular weight excluding hydrogens is 1330 g/mol. The Labute approximate surface area is 675 Å². The lowest BCUT2D eigenvalue weighted by molar-refractivity contribution is -0.385. The molecule has 626 valence electrons. The summed E-state index contributed by atoms with van der Waals surface area (Å²) in [4.78, 5) is 15.3. The summed E-state index contributed by atoms with van der Waals surface area (Å²) in [5.74, 6) is 3.95. The van der Waals surface area contributed by atoms with E-state index in [9.17, 15) is 20.3 Å². The van der Waals surface area contributed by atoms with Crippen LogP contribution in [0.2, 0.25) is 0 Å². The zero-order chi connectivity index (χ0) is 86.5. The van der Waals surface area contributed by atoms with Gasteiger partial charge in [-0.05, 0) is 220 Å². The van der Waals surface area contributed by atoms with E-state index in [4.69, 9.17) is 0 Å². The maximum absolute atomic E-state index is 10.4. The number of phenols is 2. The molecule has 8 rings (SSSR count). The van der Waals surface area contributed by atoms with Gasteiger partial charge >= 0.3 is 5.69 Å². The quantitative estimate of drug-likeness (QED) is 0.0992. The highest BCUT2D eigenvalue weighted by atomic mass is 32.1. The number of piperidine rings is 1. The van der Waals surface area contributed by atoms with Gasteiger partial charge in [-0.2, -0.15) is 0 Å². The number of likely N-dealkylation sites (tertiary alicyclic amines) is 1. The molecule has 1 unspecified atom stereocenters. The van der Waals surface area contributed by atoms with Crippen molar-refractivity contribution in [3.63, 3.8) is 0 Å². The fourth-order valence-corrected chi connectivity index (χ4v) is 11.6. The fraction of sp³-hybridized carbons (Fsp3) is 0.700. The van der Waals surface area contributed by atoms with Crippen LogP contribution < -0.4 is 0 Å². The highest BCUT2D eigenvalue weighted by Gasteiger charge is 2.29. The average molecular weight is 1510 g/mol. The summed E-state index contributed by atoms with van der Waals surface area (Å²) in [6.45, 7) is 104. The monoisotopic (exact) mass is 1510 g/mol. The largest absolute Gasteiger partial charge is 0.508 e. The second-order valence-corrected chi connectivity index (χ2v) is 36.7. The van der Waals surface area contributed by atoms with Crippen molar-refractivity contribution >= 4 is 17.0 Å². The molecule has 1 saturated heterocycles. The number of rotatable bonds is 1. The molecule has 7 heteroatoms. The van der Waals surface area contributed by atoms with Crippen LogP contribution in [0.5, 0.6) is 11.5 Å². The van der Waals surface area contributed by atoms with Crippen molar-refractivity contribution < 1.29 is 15.1 Å². The zero-order valence-electron chi connectivity index (χ0n) is 80.4. The number of aromatic hydroxyl groups is 2. The van der Waals surface area contributed by atoms with E-state index in [-0.39, 0.29) is 33.1 Å². The Bertz CT molecular complexity index is 2870. The van der Waals surface area contributed by atoms with Crippen molar-refractivity contribution in [2.24, 2.45) is 34.5 Å². The van der Waals surface area contributed by atoms with Crippen LogP contribution >= 0.6 is 11.3 Å². The smallest absolute Gasteiger partial charge is 0.310 e. The number of hydrogen-bond acceptors (Lipinski definition) is 6. The van der Waals surface area contributed by atoms with E-state index in [0.717, 1.165) is 34.8 Å². The molecular formula is C100H186N2O4S. The average Bonchev–Trinajstić information content (AvgIpc) is 1.70. The minimum Gasteiger partial charge on any atom is -0.508 e. The standard InChI is InChI=1S/C11H16O.C11H22.C11H20.2C11H16.C10H13NO3.C10H21N.C9H14S.8C2H6/c1-8-7-9(11(2,3)4)5-6-10(8)12;3*1-9-5-7-10(8-6-9)11(2,3)4;1-9-6-5-7-10(8-9)11(2,3)4;1-10(2,3)7-4-5-8(11(13)14)9(12)6-7;1-9-5-7-11(8-6-9)10(2,3)4;1-7-5-6-8(10-7)9(2,3)4;8*1-2/h5-7,12H,1-4H3;9-10H,5-8H2,1-4H3;7,9H,5-6,8H2,1-4H3;2*5-8H,1-4H3;4-6,12H,1-3H3;9H,5-8H2,1-4H3;5-6H,1-4H3;8*1-2H3. The molecule has 0 spiro atoms. The first kappa shape index (κ1) is 118. The van der Waals surface area contributed by atoms with Crippen LogP contribution in [0, 0.1) is 72.3 Å². The highest BCUT2D eigenvalue weighted by Crippen LogP contribution is 2.40. The van der Waals surface area contributed by atoms with Gasteiger partial charge in [0.2, 0.25) is 0 Å². The van der Waals surface area contributed by atoms with Crippen molar-refractivity contribution in [2.75, 3.05) is 13.1 Å². The van der Waals surface area contributed by atoms with E-state index >= 15 is 0 Å². The molecule has 107 heavy (non-hydrogen) atoms. The number of hydrogen-bond donors (Lipinski definition) is 2. The van der Waals surface area contributed by atoms with Crippen molar-refractivity contribution in [1.29, 1.82) is 0 Å². The Kier molecular flexibility index (Phi) is 67.2. The van der Waals surface area contributed by atoms with Gasteiger partial charge in [0.25, 0.3) is 0 Å². The van der Waals surface area contributed by atoms with Crippen LogP contribution in [-0.2, 0) is 27.1 Å². The molecule has 3 aliphatic rings. The Hall–Kier alpha value is -4.72. The maximum atomic E-state index is 10.4. The van der Waals surface area contributed by atoms with Crippen molar-refractivity contribution in [1.82, 2.24) is 4.90 Å². The number of nitro benzene ring substituents is 1. The number of phenolic OH excluding ortho intramolecular Hbond substituents is 2. The molecule has 2 heterocycles. The topological polar surface area (TPSA) is 86.8 Å². The number of aryl methyl sites for hydroxylation is 4. The molecule has 2 aliphatic carbocycles. The van der Waals surface area contributed by atoms with Crippen molar-refractivity contribution in [3.8, 4) is 11.5 Å². The molecule has 2 fully saturated rings. The van der Waals surface area contributed by atoms with Gasteiger partial charge < -0.3 is 10.2 Å². The van der Waals surface area contributed by atoms with Crippen LogP contribution in [0.1, 0.15) is 404 Å². The summed E-state index contributed by atoms with van der Waals surface area (Å²) in [5.41, 5.74) is 12.3. The normalized spacial score (nSPS) is 15.4. The summed E-state index contributed by atoms with van der Waals surface area (Å²) in [6, 6.07) is 32.1. The summed E-state index contributed by atoms with van der Waals surface area (Å²) in [5, 5.41) is 29.1. The maximum Gasteiger partial charge on any atom is 0.310 e. The number of benzene rings is 4. The first-order valence-electron chi connectivity index (χ1n) is 42.7. The van der Waals surface area contributed by atoms with Gasteiger partial charge in [-0.15, -0.1) is 11.3 Å². The van der Waals surface area contributed by atoms with Crippen LogP contribution in [0.25, 0.3) is 0 Å². The number of thiophene rings is 1. The molecule has 1 aromatic heterocycles. The van der Waals surface area contributed by atoms with E-state index in [1.165, 1.54) is 121 Å². The molecule has 1 saturated carbocycles. The van der Waals surface area contributed by atoms with Gasteiger partial charge in [0.15, 0.2) is 5.75 Å². The second kappa shape index (κ2) is 60.9. The molecule has 1 atom stereocenters. The Morgan fingerprint density at radius 2 is 0.794 bits per heavy atom. The lowest BCUT2D eigenvalue weighted by atomic mass is 9.70. The number of nitro groups is 1. The summed E-state index contributed by atoms with van der Waals surface area (Å²) in [7, 11) is 0. The molecule has 5 aromatic rings. The van der Waals surface area contributed by atoms with Gasteiger partial charge in [-0.25, -0.2) is 0 Å². The van der Waals surface area contributed by atoms with Crippen LogP contribution in [0.3, 0.4) is 0 Å². The Morgan fingerprint density at radius 1 is 0.402 bits per heavy atom.